The van der Waals surface area contributed by atoms with Crippen molar-refractivity contribution in [1.82, 2.24) is 5.43 Å². The summed E-state index contributed by atoms with van der Waals surface area (Å²) in [6.45, 7) is 2.04. The second-order valence-electron chi connectivity index (χ2n) is 3.52. The van der Waals surface area contributed by atoms with E-state index in [-0.39, 0.29) is 5.88 Å². The van der Waals surface area contributed by atoms with Crippen LogP contribution < -0.4 is 11.2 Å². The van der Waals surface area contributed by atoms with Crippen LogP contribution >= 0.6 is 0 Å². The van der Waals surface area contributed by atoms with Gasteiger partial charge in [0.25, 0.3) is 0 Å². The number of hydrazone groups is 1. The third kappa shape index (κ3) is 2.79. The summed E-state index contributed by atoms with van der Waals surface area (Å²) in [6.07, 6.45) is 1.20. The highest BCUT2D eigenvalue weighted by Crippen LogP contribution is 2.14. The number of rotatable bonds is 3. The van der Waals surface area contributed by atoms with Crippen LogP contribution in [-0.2, 0) is 14.3 Å². The molecule has 0 aliphatic carbocycles. The van der Waals surface area contributed by atoms with Gasteiger partial charge < -0.3 is 15.2 Å². The molecule has 0 aromatic heterocycles. The van der Waals surface area contributed by atoms with E-state index >= 15 is 0 Å². The van der Waals surface area contributed by atoms with Gasteiger partial charge in [-0.25, -0.2) is 10.2 Å². The molecule has 6 heteroatoms. The zero-order valence-corrected chi connectivity index (χ0v) is 9.84. The molecule has 1 aliphatic rings. The summed E-state index contributed by atoms with van der Waals surface area (Å²) < 4.78 is 10.1. The molecule has 1 aromatic carbocycles. The molecule has 0 spiro atoms. The fourth-order valence-electron chi connectivity index (χ4n) is 1.40. The van der Waals surface area contributed by atoms with Gasteiger partial charge in [-0.2, -0.15) is 0 Å². The number of hydrogen-bond acceptors (Lipinski definition) is 6. The second kappa shape index (κ2) is 5.22. The van der Waals surface area contributed by atoms with Crippen molar-refractivity contribution in [3.8, 4) is 0 Å². The van der Waals surface area contributed by atoms with Crippen molar-refractivity contribution < 1.29 is 14.3 Å². The Labute approximate surface area is 104 Å². The number of anilines is 1. The molecule has 6 nitrogen and oxygen atoms in total. The van der Waals surface area contributed by atoms with Gasteiger partial charge in [-0.3, -0.25) is 0 Å². The number of nitrogen functional groups attached to an aromatic ring is 1. The molecule has 2 rings (SSSR count). The molecule has 0 radical (unpaired) electrons. The molecule has 0 amide bonds. The van der Waals surface area contributed by atoms with Crippen LogP contribution in [0.1, 0.15) is 12.5 Å². The second-order valence-corrected chi connectivity index (χ2v) is 3.52. The lowest BCUT2D eigenvalue weighted by atomic mass is 10.2. The Bertz CT molecular complexity index is 523. The van der Waals surface area contributed by atoms with Crippen LogP contribution in [0, 0.1) is 0 Å². The number of hydrogen-bond donors (Lipinski definition) is 2. The van der Waals surface area contributed by atoms with E-state index in [9.17, 15) is 4.79 Å². The summed E-state index contributed by atoms with van der Waals surface area (Å²) in [6, 6.07) is 7.10. The van der Waals surface area contributed by atoms with Crippen LogP contribution in [0.4, 0.5) is 5.69 Å². The highest BCUT2D eigenvalue weighted by Gasteiger charge is 2.16. The summed E-state index contributed by atoms with van der Waals surface area (Å²) in [5, 5.41) is 3.95. The summed E-state index contributed by atoms with van der Waals surface area (Å²) in [5.74, 6) is 0.104. The van der Waals surface area contributed by atoms with Crippen molar-refractivity contribution in [1.29, 1.82) is 0 Å². The van der Waals surface area contributed by atoms with E-state index in [0.29, 0.717) is 18.2 Å². The summed E-state index contributed by atoms with van der Waals surface area (Å²) >= 11 is 0. The fraction of sp³-hybridized carbons (Fsp3) is 0.167. The van der Waals surface area contributed by atoms with Crippen LogP contribution in [-0.4, -0.2) is 18.5 Å². The Hall–Kier alpha value is -2.50. The average molecular weight is 247 g/mol. The number of esters is 1. The van der Waals surface area contributed by atoms with E-state index in [0.717, 1.165) is 5.56 Å². The molecular formula is C12H13N3O3. The first kappa shape index (κ1) is 12.0. The molecule has 18 heavy (non-hydrogen) atoms. The van der Waals surface area contributed by atoms with E-state index in [4.69, 9.17) is 15.2 Å². The molecule has 1 heterocycles. The maximum absolute atomic E-state index is 11.2. The smallest absolute Gasteiger partial charge is 0.336 e. The van der Waals surface area contributed by atoms with Crippen molar-refractivity contribution in [2.45, 2.75) is 6.92 Å². The van der Waals surface area contributed by atoms with Gasteiger partial charge in [0.15, 0.2) is 0 Å². The lowest BCUT2D eigenvalue weighted by Crippen LogP contribution is -2.07. The maximum Gasteiger partial charge on any atom is 0.336 e. The van der Waals surface area contributed by atoms with Gasteiger partial charge in [-0.1, -0.05) is 6.07 Å². The lowest BCUT2D eigenvalue weighted by Gasteiger charge is -2.02. The van der Waals surface area contributed by atoms with E-state index < -0.39 is 5.97 Å². The zero-order chi connectivity index (χ0) is 13.0. The third-order valence-electron chi connectivity index (χ3n) is 2.14. The van der Waals surface area contributed by atoms with E-state index in [2.05, 4.69) is 10.5 Å². The number of carbonyl (C=O) groups is 1. The molecule has 0 saturated heterocycles. The molecule has 0 atom stereocenters. The van der Waals surface area contributed by atoms with Crippen molar-refractivity contribution in [3.05, 3.63) is 41.8 Å². The molecule has 3 N–H and O–H groups in total. The molecule has 0 saturated carbocycles. The Morgan fingerprint density at radius 3 is 3.17 bits per heavy atom. The molecule has 94 valence electrons. The summed E-state index contributed by atoms with van der Waals surface area (Å²) in [4.78, 5) is 11.2. The van der Waals surface area contributed by atoms with Crippen molar-refractivity contribution in [2.24, 2.45) is 5.10 Å². The Balaban J connectivity index is 2.06. The molecule has 1 aliphatic heterocycles. The van der Waals surface area contributed by atoms with Crippen molar-refractivity contribution in [3.63, 3.8) is 0 Å². The largest absolute Gasteiger partial charge is 0.463 e. The molecular weight excluding hydrogens is 234 g/mol. The minimum Gasteiger partial charge on any atom is -0.463 e. The van der Waals surface area contributed by atoms with E-state index in [1.165, 1.54) is 6.08 Å². The Morgan fingerprint density at radius 1 is 1.61 bits per heavy atom. The average Bonchev–Trinajstić information content (AvgIpc) is 2.78. The Kier molecular flexibility index (Phi) is 3.47. The van der Waals surface area contributed by atoms with Gasteiger partial charge in [0.05, 0.1) is 12.7 Å². The van der Waals surface area contributed by atoms with Gasteiger partial charge in [-0.05, 0) is 25.1 Å². The monoisotopic (exact) mass is 247 g/mol. The molecule has 0 unspecified atom stereocenters. The van der Waals surface area contributed by atoms with Crippen LogP contribution in [0.25, 0.3) is 0 Å². The predicted molar refractivity (Wildman–Crippen MR) is 66.3 cm³/mol. The van der Waals surface area contributed by atoms with Crippen LogP contribution in [0.15, 0.2) is 41.3 Å². The number of nitrogens with one attached hydrogen (secondary N) is 1. The lowest BCUT2D eigenvalue weighted by molar-refractivity contribution is -0.137. The van der Waals surface area contributed by atoms with Crippen LogP contribution in [0.2, 0.25) is 0 Å². The maximum atomic E-state index is 11.2. The first-order valence-corrected chi connectivity index (χ1v) is 5.45. The van der Waals surface area contributed by atoms with Gasteiger partial charge >= 0.3 is 5.97 Å². The van der Waals surface area contributed by atoms with Gasteiger partial charge in [0.2, 0.25) is 11.8 Å². The standard InChI is InChI=1S/C12H13N3O3/c1-2-17-11(16)7-10-14-15-12(18-10)8-4-3-5-9(13)6-8/h3-7,14H,2,13H2,1H3/b10-7+. The molecule has 0 fully saturated rings. The Morgan fingerprint density at radius 2 is 2.44 bits per heavy atom. The number of nitrogens with two attached hydrogens (primary N) is 1. The fourth-order valence-corrected chi connectivity index (χ4v) is 1.40. The quantitative estimate of drug-likeness (QED) is 0.472. The highest BCUT2D eigenvalue weighted by atomic mass is 16.5. The first-order chi connectivity index (χ1) is 8.69. The summed E-state index contributed by atoms with van der Waals surface area (Å²) in [7, 11) is 0. The molecule has 0 bridgehead atoms. The van der Waals surface area contributed by atoms with Crippen molar-refractivity contribution >= 4 is 17.6 Å². The highest BCUT2D eigenvalue weighted by molar-refractivity contribution is 5.97. The van der Waals surface area contributed by atoms with Crippen LogP contribution in [0.5, 0.6) is 0 Å². The normalized spacial score (nSPS) is 15.8. The topological polar surface area (TPSA) is 85.9 Å². The number of carbonyl (C=O) groups excluding carboxylic acids is 1. The summed E-state index contributed by atoms with van der Waals surface area (Å²) in [5.41, 5.74) is 9.60. The van der Waals surface area contributed by atoms with Crippen molar-refractivity contribution in [2.75, 3.05) is 12.3 Å². The number of ether oxygens (including phenoxy) is 2. The minimum atomic E-state index is -0.482. The number of benzene rings is 1. The molecule has 1 aromatic rings. The third-order valence-corrected chi connectivity index (χ3v) is 2.14. The van der Waals surface area contributed by atoms with E-state index in [1.54, 1.807) is 25.1 Å². The predicted octanol–water partition coefficient (Wildman–Crippen LogP) is 0.955. The van der Waals surface area contributed by atoms with Crippen LogP contribution in [0.3, 0.4) is 0 Å². The van der Waals surface area contributed by atoms with Gasteiger partial charge in [0, 0.05) is 11.3 Å². The van der Waals surface area contributed by atoms with Gasteiger partial charge in [-0.15, -0.1) is 5.10 Å². The van der Waals surface area contributed by atoms with Gasteiger partial charge in [0.1, 0.15) is 0 Å². The van der Waals surface area contributed by atoms with E-state index in [1.807, 2.05) is 6.07 Å². The zero-order valence-electron chi connectivity index (χ0n) is 9.84. The SMILES string of the molecule is CCOC(=O)/C=C1\NN=C(c2cccc(N)c2)O1. The minimum absolute atomic E-state index is 0.228. The first-order valence-electron chi connectivity index (χ1n) is 5.45. The number of nitrogens with zero attached hydrogens (tertiary/aromatic N) is 1.